The molecule has 2 rings (SSSR count). The van der Waals surface area contributed by atoms with Crippen LogP contribution in [0, 0.1) is 11.8 Å². The lowest BCUT2D eigenvalue weighted by Crippen LogP contribution is -2.31. The van der Waals surface area contributed by atoms with Gasteiger partial charge in [-0.25, -0.2) is 9.97 Å². The summed E-state index contributed by atoms with van der Waals surface area (Å²) in [5.74, 6) is -2.74. The van der Waals surface area contributed by atoms with E-state index in [2.05, 4.69) is 20.6 Å². The Balaban J connectivity index is 1.73. The lowest BCUT2D eigenvalue weighted by molar-refractivity contribution is -0.141. The van der Waals surface area contributed by atoms with Gasteiger partial charge in [0.15, 0.2) is 0 Å². The molecule has 2 unspecified atom stereocenters. The topological polar surface area (TPSA) is 104 Å². The Morgan fingerprint density at radius 1 is 1.32 bits per heavy atom. The molecule has 0 aliphatic heterocycles. The molecule has 0 radical (unpaired) electrons. The zero-order chi connectivity index (χ0) is 16.3. The number of rotatable bonds is 6. The molecule has 1 aromatic heterocycles. The quantitative estimate of drug-likeness (QED) is 0.669. The van der Waals surface area contributed by atoms with E-state index in [1.165, 1.54) is 0 Å². The number of aliphatic carboxylic acids is 1. The number of carbonyl (C=O) groups excluding carboxylic acids is 1. The predicted molar refractivity (Wildman–Crippen MR) is 67.8 cm³/mol. The summed E-state index contributed by atoms with van der Waals surface area (Å²) in [6, 6.07) is 0.756. The van der Waals surface area contributed by atoms with Gasteiger partial charge in [0.05, 0.1) is 11.8 Å². The van der Waals surface area contributed by atoms with Gasteiger partial charge in [-0.05, 0) is 12.5 Å². The molecule has 1 amide bonds. The number of hydrogen-bond donors (Lipinski definition) is 3. The van der Waals surface area contributed by atoms with Gasteiger partial charge in [-0.1, -0.05) is 0 Å². The summed E-state index contributed by atoms with van der Waals surface area (Å²) in [6.45, 7) is 0.249. The number of carboxylic acid groups (broad SMARTS) is 1. The van der Waals surface area contributed by atoms with Crippen molar-refractivity contribution in [3.63, 3.8) is 0 Å². The predicted octanol–water partition coefficient (Wildman–Crippen LogP) is 0.744. The van der Waals surface area contributed by atoms with Crippen LogP contribution >= 0.6 is 0 Å². The van der Waals surface area contributed by atoms with Gasteiger partial charge in [-0.3, -0.25) is 9.59 Å². The minimum atomic E-state index is -4.55. The third-order valence-corrected chi connectivity index (χ3v) is 3.10. The van der Waals surface area contributed by atoms with E-state index >= 15 is 0 Å². The first-order valence-electron chi connectivity index (χ1n) is 6.43. The Morgan fingerprint density at radius 2 is 2.05 bits per heavy atom. The highest BCUT2D eigenvalue weighted by molar-refractivity contribution is 5.89. The van der Waals surface area contributed by atoms with Crippen LogP contribution in [0.25, 0.3) is 0 Å². The molecule has 120 valence electrons. The second-order valence-electron chi connectivity index (χ2n) is 4.77. The largest absolute Gasteiger partial charge is 0.481 e. The first kappa shape index (κ1) is 16.0. The zero-order valence-corrected chi connectivity index (χ0v) is 11.2. The number of nitrogens with zero attached hydrogens (tertiary/aromatic N) is 2. The maximum atomic E-state index is 12.4. The maximum absolute atomic E-state index is 12.4. The molecule has 0 bridgehead atoms. The van der Waals surface area contributed by atoms with E-state index in [0.717, 1.165) is 12.3 Å². The number of nitrogens with one attached hydrogen (secondary N) is 2. The molecule has 1 aliphatic carbocycles. The normalized spacial score (nSPS) is 20.3. The van der Waals surface area contributed by atoms with Gasteiger partial charge in [0.2, 0.25) is 11.9 Å². The molecule has 3 N–H and O–H groups in total. The lowest BCUT2D eigenvalue weighted by Gasteiger charge is -2.09. The van der Waals surface area contributed by atoms with Crippen molar-refractivity contribution in [3.8, 4) is 0 Å². The molecule has 0 saturated heterocycles. The molecule has 7 nitrogen and oxygen atoms in total. The average molecular weight is 318 g/mol. The molecule has 1 heterocycles. The molecule has 2 atom stereocenters. The molecular formula is C12H13F3N4O3. The molecular weight excluding hydrogens is 305 g/mol. The number of alkyl halides is 3. The van der Waals surface area contributed by atoms with E-state index in [1.54, 1.807) is 0 Å². The second kappa shape index (κ2) is 6.16. The van der Waals surface area contributed by atoms with Crippen molar-refractivity contribution in [3.05, 3.63) is 18.0 Å². The fraction of sp³-hybridized carbons (Fsp3) is 0.500. The van der Waals surface area contributed by atoms with Gasteiger partial charge in [-0.2, -0.15) is 13.2 Å². The van der Waals surface area contributed by atoms with Crippen molar-refractivity contribution < 1.29 is 27.9 Å². The number of halogens is 3. The van der Waals surface area contributed by atoms with Gasteiger partial charge < -0.3 is 15.7 Å². The summed E-state index contributed by atoms with van der Waals surface area (Å²) in [5, 5.41) is 13.7. The first-order valence-corrected chi connectivity index (χ1v) is 6.43. The van der Waals surface area contributed by atoms with Gasteiger partial charge in [0, 0.05) is 19.3 Å². The van der Waals surface area contributed by atoms with Crippen LogP contribution in [0.5, 0.6) is 0 Å². The van der Waals surface area contributed by atoms with Crippen LogP contribution in [0.3, 0.4) is 0 Å². The Bertz CT molecular complexity index is 579. The maximum Gasteiger partial charge on any atom is 0.433 e. The smallest absolute Gasteiger partial charge is 0.433 e. The molecule has 22 heavy (non-hydrogen) atoms. The Kier molecular flexibility index (Phi) is 4.48. The number of hydrogen-bond acceptors (Lipinski definition) is 5. The van der Waals surface area contributed by atoms with E-state index < -0.39 is 29.7 Å². The minimum absolute atomic E-state index is 0.123. The SMILES string of the molecule is O=C(O)C1CC1C(=O)NCCNc1nccc(C(F)(F)F)n1. The van der Waals surface area contributed by atoms with Crippen LogP contribution in [0.2, 0.25) is 0 Å². The molecule has 1 fully saturated rings. The number of amides is 1. The zero-order valence-electron chi connectivity index (χ0n) is 11.2. The van der Waals surface area contributed by atoms with E-state index in [-0.39, 0.29) is 24.9 Å². The van der Waals surface area contributed by atoms with Gasteiger partial charge in [0.25, 0.3) is 0 Å². The third kappa shape index (κ3) is 4.06. The summed E-state index contributed by atoms with van der Waals surface area (Å²) in [4.78, 5) is 29.1. The standard InChI is InChI=1S/C12H13F3N4O3/c13-12(14,15)8-1-2-17-11(19-8)18-4-3-16-9(20)6-5-7(6)10(21)22/h1-2,6-7H,3-5H2,(H,16,20)(H,21,22)(H,17,18,19). The number of anilines is 1. The van der Waals surface area contributed by atoms with Gasteiger partial charge >= 0.3 is 12.1 Å². The molecule has 10 heteroatoms. The van der Waals surface area contributed by atoms with Crippen molar-refractivity contribution in [1.82, 2.24) is 15.3 Å². The van der Waals surface area contributed by atoms with Crippen molar-refractivity contribution in [2.75, 3.05) is 18.4 Å². The summed E-state index contributed by atoms with van der Waals surface area (Å²) < 4.78 is 37.3. The van der Waals surface area contributed by atoms with Gasteiger partial charge in [-0.15, -0.1) is 0 Å². The van der Waals surface area contributed by atoms with Crippen LogP contribution < -0.4 is 10.6 Å². The van der Waals surface area contributed by atoms with Gasteiger partial charge in [0.1, 0.15) is 5.69 Å². The highest BCUT2D eigenvalue weighted by atomic mass is 19.4. The Morgan fingerprint density at radius 3 is 2.64 bits per heavy atom. The monoisotopic (exact) mass is 318 g/mol. The van der Waals surface area contributed by atoms with Crippen LogP contribution in [-0.4, -0.2) is 40.0 Å². The van der Waals surface area contributed by atoms with Crippen molar-refractivity contribution in [2.45, 2.75) is 12.6 Å². The van der Waals surface area contributed by atoms with E-state index in [9.17, 15) is 22.8 Å². The van der Waals surface area contributed by atoms with Crippen LogP contribution in [-0.2, 0) is 15.8 Å². The lowest BCUT2D eigenvalue weighted by atomic mass is 10.3. The number of carbonyl (C=O) groups is 2. The molecule has 1 aromatic rings. The second-order valence-corrected chi connectivity index (χ2v) is 4.77. The highest BCUT2D eigenvalue weighted by Crippen LogP contribution is 2.38. The first-order chi connectivity index (χ1) is 10.3. The van der Waals surface area contributed by atoms with E-state index in [1.807, 2.05) is 0 Å². The average Bonchev–Trinajstić information content (AvgIpc) is 3.23. The number of aromatic nitrogens is 2. The molecule has 1 saturated carbocycles. The van der Waals surface area contributed by atoms with Crippen LogP contribution in [0.15, 0.2) is 12.3 Å². The number of carboxylic acids is 1. The fourth-order valence-corrected chi connectivity index (χ4v) is 1.85. The molecule has 0 spiro atoms. The van der Waals surface area contributed by atoms with Crippen molar-refractivity contribution in [1.29, 1.82) is 0 Å². The van der Waals surface area contributed by atoms with E-state index in [4.69, 9.17) is 5.11 Å². The highest BCUT2D eigenvalue weighted by Gasteiger charge is 2.48. The summed E-state index contributed by atoms with van der Waals surface area (Å²) >= 11 is 0. The van der Waals surface area contributed by atoms with Crippen molar-refractivity contribution in [2.24, 2.45) is 11.8 Å². The summed E-state index contributed by atoms with van der Waals surface area (Å²) in [6.07, 6.45) is -3.25. The Labute approximate surface area is 122 Å². The van der Waals surface area contributed by atoms with Crippen LogP contribution in [0.4, 0.5) is 19.1 Å². The third-order valence-electron chi connectivity index (χ3n) is 3.10. The molecule has 0 aromatic carbocycles. The van der Waals surface area contributed by atoms with Crippen LogP contribution in [0.1, 0.15) is 12.1 Å². The minimum Gasteiger partial charge on any atom is -0.481 e. The van der Waals surface area contributed by atoms with Crippen molar-refractivity contribution >= 4 is 17.8 Å². The fourth-order valence-electron chi connectivity index (χ4n) is 1.85. The Hall–Kier alpha value is -2.39. The van der Waals surface area contributed by atoms with E-state index in [0.29, 0.717) is 6.42 Å². The summed E-state index contributed by atoms with van der Waals surface area (Å²) in [5.41, 5.74) is -1.06. The molecule has 1 aliphatic rings. The summed E-state index contributed by atoms with van der Waals surface area (Å²) in [7, 11) is 0.